The van der Waals surface area contributed by atoms with Crippen LogP contribution in [-0.4, -0.2) is 0 Å². The Balaban J connectivity index is 2.44. The Labute approximate surface area is 98.0 Å². The fourth-order valence-electron chi connectivity index (χ4n) is 1.32. The van der Waals surface area contributed by atoms with Crippen LogP contribution in [0.2, 0.25) is 0 Å². The van der Waals surface area contributed by atoms with Crippen LogP contribution in [0.25, 0.3) is 11.3 Å². The minimum absolute atomic E-state index is 0.401. The van der Waals surface area contributed by atoms with Crippen LogP contribution in [0.1, 0.15) is 5.56 Å². The monoisotopic (exact) mass is 290 g/mol. The van der Waals surface area contributed by atoms with E-state index < -0.39 is 11.7 Å². The number of alkyl halides is 3. The molecular weight excluding hydrogens is 285 g/mol. The lowest BCUT2D eigenvalue weighted by molar-refractivity contribution is -0.137. The maximum atomic E-state index is 12.4. The van der Waals surface area contributed by atoms with Gasteiger partial charge in [0.25, 0.3) is 0 Å². The molecule has 2 rings (SSSR count). The second kappa shape index (κ2) is 3.97. The average Bonchev–Trinajstić information content (AvgIpc) is 2.64. The van der Waals surface area contributed by atoms with Gasteiger partial charge in [-0.05, 0) is 40.2 Å². The Kier molecular flexibility index (Phi) is 2.80. The minimum Gasteiger partial charge on any atom is -0.449 e. The van der Waals surface area contributed by atoms with E-state index in [1.807, 2.05) is 0 Å². The smallest absolute Gasteiger partial charge is 0.416 e. The number of rotatable bonds is 1. The Hall–Kier alpha value is -1.23. The molecule has 0 bridgehead atoms. The summed E-state index contributed by atoms with van der Waals surface area (Å²) in [6.07, 6.45) is -4.33. The van der Waals surface area contributed by atoms with Crippen LogP contribution in [0.4, 0.5) is 13.2 Å². The second-order valence-electron chi connectivity index (χ2n) is 3.18. The fraction of sp³-hybridized carbons (Fsp3) is 0.0909. The molecule has 0 radical (unpaired) electrons. The molecule has 0 N–H and O–H groups in total. The number of benzene rings is 1. The van der Waals surface area contributed by atoms with Crippen LogP contribution in [0.15, 0.2) is 45.5 Å². The van der Waals surface area contributed by atoms with Gasteiger partial charge in [-0.25, -0.2) is 0 Å². The third-order valence-corrected chi connectivity index (χ3v) is 2.47. The van der Waals surface area contributed by atoms with Gasteiger partial charge in [0.2, 0.25) is 0 Å². The van der Waals surface area contributed by atoms with Crippen molar-refractivity contribution in [1.29, 1.82) is 0 Å². The van der Waals surface area contributed by atoms with Gasteiger partial charge >= 0.3 is 6.18 Å². The standard InChI is InChI=1S/C11H6BrF3O/c12-10-5-4-9(16-10)7-2-1-3-8(6-7)11(13,14)15/h1-6H. The van der Waals surface area contributed by atoms with Crippen molar-refractivity contribution in [1.82, 2.24) is 0 Å². The Morgan fingerprint density at radius 2 is 1.81 bits per heavy atom. The number of hydrogen-bond acceptors (Lipinski definition) is 1. The molecule has 1 heterocycles. The molecule has 84 valence electrons. The topological polar surface area (TPSA) is 13.1 Å². The highest BCUT2D eigenvalue weighted by Crippen LogP contribution is 2.33. The maximum Gasteiger partial charge on any atom is 0.416 e. The summed E-state index contributed by atoms with van der Waals surface area (Å²) >= 11 is 3.10. The van der Waals surface area contributed by atoms with Crippen LogP contribution in [-0.2, 0) is 6.18 Å². The van der Waals surface area contributed by atoms with Gasteiger partial charge in [0, 0.05) is 5.56 Å². The number of furan rings is 1. The lowest BCUT2D eigenvalue weighted by Gasteiger charge is -2.07. The minimum atomic E-state index is -4.33. The van der Waals surface area contributed by atoms with Crippen LogP contribution >= 0.6 is 15.9 Å². The van der Waals surface area contributed by atoms with Crippen LogP contribution in [0, 0.1) is 0 Å². The fourth-order valence-corrected chi connectivity index (χ4v) is 1.62. The van der Waals surface area contributed by atoms with Gasteiger partial charge in [-0.15, -0.1) is 0 Å². The van der Waals surface area contributed by atoms with Gasteiger partial charge in [0.1, 0.15) is 5.76 Å². The zero-order valence-electron chi connectivity index (χ0n) is 7.88. The third kappa shape index (κ3) is 2.29. The Morgan fingerprint density at radius 3 is 2.38 bits per heavy atom. The van der Waals surface area contributed by atoms with E-state index in [0.717, 1.165) is 12.1 Å². The molecule has 0 unspecified atom stereocenters. The van der Waals surface area contributed by atoms with E-state index in [2.05, 4.69) is 15.9 Å². The summed E-state index contributed by atoms with van der Waals surface area (Å²) in [5, 5.41) is 0. The van der Waals surface area contributed by atoms with Crippen molar-refractivity contribution in [3.8, 4) is 11.3 Å². The number of hydrogen-bond donors (Lipinski definition) is 0. The lowest BCUT2D eigenvalue weighted by Crippen LogP contribution is -2.04. The van der Waals surface area contributed by atoms with E-state index in [1.54, 1.807) is 18.2 Å². The summed E-state index contributed by atoms with van der Waals surface area (Å²) in [4.78, 5) is 0. The van der Waals surface area contributed by atoms with Crippen molar-refractivity contribution in [2.45, 2.75) is 6.18 Å². The molecule has 0 fully saturated rings. The third-order valence-electron chi connectivity index (χ3n) is 2.05. The predicted octanol–water partition coefficient (Wildman–Crippen LogP) is 4.73. The van der Waals surface area contributed by atoms with E-state index in [9.17, 15) is 13.2 Å². The first-order chi connectivity index (χ1) is 7.47. The van der Waals surface area contributed by atoms with Crippen LogP contribution < -0.4 is 0 Å². The van der Waals surface area contributed by atoms with Gasteiger partial charge in [-0.2, -0.15) is 13.2 Å². The predicted molar refractivity (Wildman–Crippen MR) is 56.8 cm³/mol. The highest BCUT2D eigenvalue weighted by molar-refractivity contribution is 9.10. The van der Waals surface area contributed by atoms with Crippen molar-refractivity contribution in [2.75, 3.05) is 0 Å². The second-order valence-corrected chi connectivity index (χ2v) is 3.96. The maximum absolute atomic E-state index is 12.4. The molecule has 2 aromatic rings. The first kappa shape index (κ1) is 11.3. The van der Waals surface area contributed by atoms with Crippen LogP contribution in [0.5, 0.6) is 0 Å². The van der Waals surface area contributed by atoms with E-state index in [4.69, 9.17) is 4.42 Å². The van der Waals surface area contributed by atoms with Gasteiger partial charge in [-0.3, -0.25) is 0 Å². The van der Waals surface area contributed by atoms with Crippen molar-refractivity contribution in [3.05, 3.63) is 46.6 Å². The van der Waals surface area contributed by atoms with E-state index in [0.29, 0.717) is 16.0 Å². The zero-order valence-corrected chi connectivity index (χ0v) is 9.47. The van der Waals surface area contributed by atoms with Crippen molar-refractivity contribution < 1.29 is 17.6 Å². The van der Waals surface area contributed by atoms with Gasteiger partial charge < -0.3 is 4.42 Å². The molecule has 0 aliphatic heterocycles. The molecule has 0 atom stereocenters. The number of halogens is 4. The summed E-state index contributed by atoms with van der Waals surface area (Å²) in [6, 6.07) is 8.26. The lowest BCUT2D eigenvalue weighted by atomic mass is 10.1. The van der Waals surface area contributed by atoms with Gasteiger partial charge in [-0.1, -0.05) is 12.1 Å². The normalized spacial score (nSPS) is 11.8. The molecule has 0 saturated heterocycles. The quantitative estimate of drug-likeness (QED) is 0.740. The van der Waals surface area contributed by atoms with E-state index >= 15 is 0 Å². The van der Waals surface area contributed by atoms with E-state index in [-0.39, 0.29) is 0 Å². The van der Waals surface area contributed by atoms with E-state index in [1.165, 1.54) is 6.07 Å². The van der Waals surface area contributed by atoms with Crippen molar-refractivity contribution in [2.24, 2.45) is 0 Å². The summed E-state index contributed by atoms with van der Waals surface area (Å²) in [5.41, 5.74) is -0.280. The molecule has 1 aromatic heterocycles. The molecule has 1 nitrogen and oxygen atoms in total. The SMILES string of the molecule is FC(F)(F)c1cccc(-c2ccc(Br)o2)c1. The highest BCUT2D eigenvalue weighted by atomic mass is 79.9. The average molecular weight is 291 g/mol. The molecular formula is C11H6BrF3O. The molecule has 5 heteroatoms. The summed E-state index contributed by atoms with van der Waals surface area (Å²) < 4.78 is 43.0. The van der Waals surface area contributed by atoms with Crippen molar-refractivity contribution >= 4 is 15.9 Å². The van der Waals surface area contributed by atoms with Gasteiger partial charge in [0.05, 0.1) is 5.56 Å². The molecule has 1 aromatic carbocycles. The Morgan fingerprint density at radius 1 is 1.06 bits per heavy atom. The first-order valence-corrected chi connectivity index (χ1v) is 5.19. The summed E-state index contributed by atoms with van der Waals surface area (Å²) in [7, 11) is 0. The summed E-state index contributed by atoms with van der Waals surface area (Å²) in [6.45, 7) is 0. The molecule has 0 spiro atoms. The largest absolute Gasteiger partial charge is 0.449 e. The molecule has 0 amide bonds. The molecule has 0 aliphatic rings. The van der Waals surface area contributed by atoms with Crippen LogP contribution in [0.3, 0.4) is 0 Å². The zero-order chi connectivity index (χ0) is 11.8. The van der Waals surface area contributed by atoms with Gasteiger partial charge in [0.15, 0.2) is 4.67 Å². The Bertz CT molecular complexity index is 502. The molecule has 16 heavy (non-hydrogen) atoms. The molecule has 0 aliphatic carbocycles. The summed E-state index contributed by atoms with van der Waals surface area (Å²) in [5.74, 6) is 0.401. The highest BCUT2D eigenvalue weighted by Gasteiger charge is 2.30. The first-order valence-electron chi connectivity index (χ1n) is 4.40. The molecule has 0 saturated carbocycles. The van der Waals surface area contributed by atoms with Crippen molar-refractivity contribution in [3.63, 3.8) is 0 Å².